The molecule has 0 radical (unpaired) electrons. The van der Waals surface area contributed by atoms with E-state index in [2.05, 4.69) is 6.07 Å². The van der Waals surface area contributed by atoms with Crippen LogP contribution in [0.4, 0.5) is 5.69 Å². The predicted molar refractivity (Wildman–Crippen MR) is 70.5 cm³/mol. The summed E-state index contributed by atoms with van der Waals surface area (Å²) in [6, 6.07) is 11.5. The lowest BCUT2D eigenvalue weighted by Gasteiger charge is -2.12. The maximum atomic E-state index is 9.03. The fraction of sp³-hybridized carbons (Fsp3) is 0.214. The van der Waals surface area contributed by atoms with E-state index in [1.165, 1.54) is 0 Å². The molecule has 18 heavy (non-hydrogen) atoms. The van der Waals surface area contributed by atoms with Crippen LogP contribution in [0.5, 0.6) is 11.6 Å². The van der Waals surface area contributed by atoms with Crippen LogP contribution in [0.25, 0.3) is 0 Å². The van der Waals surface area contributed by atoms with Crippen molar-refractivity contribution in [3.8, 4) is 17.7 Å². The zero-order valence-electron chi connectivity index (χ0n) is 10.5. The Morgan fingerprint density at radius 1 is 1.39 bits per heavy atom. The number of para-hydroxylation sites is 1. The average molecular weight is 241 g/mol. The Kier molecular flexibility index (Phi) is 3.24. The van der Waals surface area contributed by atoms with E-state index in [4.69, 9.17) is 15.7 Å². The molecule has 0 fully saturated rings. The highest BCUT2D eigenvalue weighted by Gasteiger charge is 2.14. The number of hydrogen-bond acceptors (Lipinski definition) is 3. The van der Waals surface area contributed by atoms with E-state index in [0.29, 0.717) is 23.8 Å². The molecule has 92 valence electrons. The van der Waals surface area contributed by atoms with Crippen LogP contribution >= 0.6 is 0 Å². The first-order valence-electron chi connectivity index (χ1n) is 5.80. The van der Waals surface area contributed by atoms with Crippen molar-refractivity contribution in [1.29, 1.82) is 5.26 Å². The molecule has 1 aromatic carbocycles. The summed E-state index contributed by atoms with van der Waals surface area (Å²) in [6.07, 6.45) is 0. The van der Waals surface area contributed by atoms with Gasteiger partial charge in [-0.15, -0.1) is 0 Å². The number of rotatable bonds is 3. The van der Waals surface area contributed by atoms with Gasteiger partial charge in [0.1, 0.15) is 17.5 Å². The maximum absolute atomic E-state index is 9.03. The van der Waals surface area contributed by atoms with Crippen LogP contribution in [0.3, 0.4) is 0 Å². The molecule has 0 amide bonds. The third kappa shape index (κ3) is 2.03. The molecule has 0 aliphatic heterocycles. The second kappa shape index (κ2) is 4.84. The lowest BCUT2D eigenvalue weighted by Crippen LogP contribution is -2.02. The summed E-state index contributed by atoms with van der Waals surface area (Å²) in [4.78, 5) is 0. The van der Waals surface area contributed by atoms with Gasteiger partial charge in [-0.25, -0.2) is 0 Å². The van der Waals surface area contributed by atoms with E-state index < -0.39 is 0 Å². The van der Waals surface area contributed by atoms with E-state index in [1.54, 1.807) is 10.6 Å². The SMILES string of the molecule is CCn1c(C#N)cc(N)c1Oc1ccccc1C. The number of nitrogens with zero attached hydrogens (tertiary/aromatic N) is 2. The molecule has 0 bridgehead atoms. The Morgan fingerprint density at radius 3 is 2.72 bits per heavy atom. The van der Waals surface area contributed by atoms with Crippen LogP contribution in [0.1, 0.15) is 18.2 Å². The number of ether oxygens (including phenoxy) is 1. The molecule has 0 aliphatic rings. The zero-order valence-corrected chi connectivity index (χ0v) is 10.5. The maximum Gasteiger partial charge on any atom is 0.224 e. The van der Waals surface area contributed by atoms with Crippen LogP contribution in [0.2, 0.25) is 0 Å². The van der Waals surface area contributed by atoms with Crippen LogP contribution in [-0.2, 0) is 6.54 Å². The summed E-state index contributed by atoms with van der Waals surface area (Å²) in [5, 5.41) is 9.03. The van der Waals surface area contributed by atoms with Crippen LogP contribution in [0.15, 0.2) is 30.3 Å². The Hall–Kier alpha value is -2.41. The van der Waals surface area contributed by atoms with Gasteiger partial charge in [-0.3, -0.25) is 0 Å². The average Bonchev–Trinajstić information content (AvgIpc) is 2.68. The monoisotopic (exact) mass is 241 g/mol. The first-order valence-corrected chi connectivity index (χ1v) is 5.80. The van der Waals surface area contributed by atoms with Crippen molar-refractivity contribution in [2.45, 2.75) is 20.4 Å². The van der Waals surface area contributed by atoms with E-state index in [9.17, 15) is 0 Å². The van der Waals surface area contributed by atoms with Gasteiger partial charge in [-0.1, -0.05) is 18.2 Å². The van der Waals surface area contributed by atoms with Gasteiger partial charge >= 0.3 is 0 Å². The van der Waals surface area contributed by atoms with Crippen molar-refractivity contribution in [2.75, 3.05) is 5.73 Å². The number of benzene rings is 1. The molecule has 2 N–H and O–H groups in total. The summed E-state index contributed by atoms with van der Waals surface area (Å²) in [5.41, 5.74) is 7.92. The lowest BCUT2D eigenvalue weighted by molar-refractivity contribution is 0.431. The third-order valence-corrected chi connectivity index (χ3v) is 2.81. The van der Waals surface area contributed by atoms with Crippen molar-refractivity contribution in [3.05, 3.63) is 41.6 Å². The first-order chi connectivity index (χ1) is 8.67. The van der Waals surface area contributed by atoms with Gasteiger partial charge in [-0.2, -0.15) is 5.26 Å². The number of aryl methyl sites for hydroxylation is 1. The molecule has 0 atom stereocenters. The summed E-state index contributed by atoms with van der Waals surface area (Å²) < 4.78 is 7.60. The minimum Gasteiger partial charge on any atom is -0.438 e. The Bertz CT molecular complexity index is 608. The van der Waals surface area contributed by atoms with Crippen LogP contribution in [0, 0.1) is 18.3 Å². The Morgan fingerprint density at radius 2 is 2.11 bits per heavy atom. The van der Waals surface area contributed by atoms with Crippen molar-refractivity contribution in [2.24, 2.45) is 0 Å². The Balaban J connectivity index is 2.44. The number of nitrogen functional groups attached to an aromatic ring is 1. The molecule has 4 nitrogen and oxygen atoms in total. The molecular formula is C14H15N3O. The van der Waals surface area contributed by atoms with Crippen molar-refractivity contribution >= 4 is 5.69 Å². The van der Waals surface area contributed by atoms with Gasteiger partial charge in [0, 0.05) is 12.6 Å². The fourth-order valence-corrected chi connectivity index (χ4v) is 1.85. The summed E-state index contributed by atoms with van der Waals surface area (Å²) in [5.74, 6) is 1.28. The minimum atomic E-state index is 0.483. The molecular weight excluding hydrogens is 226 g/mol. The van der Waals surface area contributed by atoms with Gasteiger partial charge in [0.05, 0.1) is 5.69 Å². The minimum absolute atomic E-state index is 0.483. The largest absolute Gasteiger partial charge is 0.438 e. The van der Waals surface area contributed by atoms with Gasteiger partial charge in [0.15, 0.2) is 0 Å². The van der Waals surface area contributed by atoms with Crippen molar-refractivity contribution < 1.29 is 4.74 Å². The fourth-order valence-electron chi connectivity index (χ4n) is 1.85. The number of anilines is 1. The molecule has 0 aliphatic carbocycles. The first kappa shape index (κ1) is 12.1. The molecule has 2 aromatic rings. The topological polar surface area (TPSA) is 64.0 Å². The lowest BCUT2D eigenvalue weighted by atomic mass is 10.2. The van der Waals surface area contributed by atoms with Crippen LogP contribution < -0.4 is 10.5 Å². The van der Waals surface area contributed by atoms with E-state index >= 15 is 0 Å². The summed E-state index contributed by atoms with van der Waals surface area (Å²) >= 11 is 0. The highest BCUT2D eigenvalue weighted by Crippen LogP contribution is 2.32. The van der Waals surface area contributed by atoms with E-state index in [0.717, 1.165) is 11.3 Å². The molecule has 0 saturated heterocycles. The molecule has 4 heteroatoms. The van der Waals surface area contributed by atoms with Crippen LogP contribution in [-0.4, -0.2) is 4.57 Å². The quantitative estimate of drug-likeness (QED) is 0.898. The molecule has 0 unspecified atom stereocenters. The highest BCUT2D eigenvalue weighted by atomic mass is 16.5. The van der Waals surface area contributed by atoms with E-state index in [-0.39, 0.29) is 0 Å². The molecule has 1 heterocycles. The normalized spacial score (nSPS) is 10.1. The smallest absolute Gasteiger partial charge is 0.224 e. The predicted octanol–water partition coefficient (Wildman–Crippen LogP) is 3.06. The molecule has 0 spiro atoms. The number of hydrogen-bond donors (Lipinski definition) is 1. The van der Waals surface area contributed by atoms with Gasteiger partial charge in [0.25, 0.3) is 0 Å². The van der Waals surface area contributed by atoms with Crippen molar-refractivity contribution in [3.63, 3.8) is 0 Å². The molecule has 0 saturated carbocycles. The Labute approximate surface area is 106 Å². The van der Waals surface area contributed by atoms with Crippen molar-refractivity contribution in [1.82, 2.24) is 4.57 Å². The second-order valence-corrected chi connectivity index (χ2v) is 4.01. The van der Waals surface area contributed by atoms with Gasteiger partial charge in [0.2, 0.25) is 5.88 Å². The molecule has 1 aromatic heterocycles. The van der Waals surface area contributed by atoms with Gasteiger partial charge < -0.3 is 15.0 Å². The summed E-state index contributed by atoms with van der Waals surface area (Å²) in [6.45, 7) is 4.56. The summed E-state index contributed by atoms with van der Waals surface area (Å²) in [7, 11) is 0. The zero-order chi connectivity index (χ0) is 13.1. The third-order valence-electron chi connectivity index (χ3n) is 2.81. The number of nitriles is 1. The van der Waals surface area contributed by atoms with E-state index in [1.807, 2.05) is 38.1 Å². The number of nitrogens with two attached hydrogens (primary N) is 1. The number of aromatic nitrogens is 1. The van der Waals surface area contributed by atoms with Gasteiger partial charge in [-0.05, 0) is 25.5 Å². The standard InChI is InChI=1S/C14H15N3O/c1-3-17-11(9-15)8-12(16)14(17)18-13-7-5-4-6-10(13)2/h4-8H,3,16H2,1-2H3. The molecule has 2 rings (SSSR count). The second-order valence-electron chi connectivity index (χ2n) is 4.01. The highest BCUT2D eigenvalue weighted by molar-refractivity contribution is 5.56.